The van der Waals surface area contributed by atoms with Gasteiger partial charge in [-0.05, 0) is 32.2 Å². The monoisotopic (exact) mass is 256 g/mol. The summed E-state index contributed by atoms with van der Waals surface area (Å²) < 4.78 is 5.48. The Morgan fingerprint density at radius 2 is 2.17 bits per heavy atom. The molecule has 0 saturated carbocycles. The molecule has 2 aliphatic rings. The molecule has 0 amide bonds. The third-order valence-corrected chi connectivity index (χ3v) is 4.03. The molecule has 2 N–H and O–H groups in total. The summed E-state index contributed by atoms with van der Waals surface area (Å²) in [5.74, 6) is 0. The van der Waals surface area contributed by atoms with E-state index in [0.29, 0.717) is 12.6 Å². The zero-order valence-electron chi connectivity index (χ0n) is 11.6. The van der Waals surface area contributed by atoms with Gasteiger partial charge in [0.05, 0.1) is 12.7 Å². The molecule has 0 aromatic rings. The van der Waals surface area contributed by atoms with Crippen LogP contribution in [0.3, 0.4) is 0 Å². The van der Waals surface area contributed by atoms with Crippen LogP contribution in [-0.4, -0.2) is 61.0 Å². The Bertz CT molecular complexity index is 238. The van der Waals surface area contributed by atoms with Gasteiger partial charge in [-0.15, -0.1) is 0 Å². The highest BCUT2D eigenvalue weighted by Crippen LogP contribution is 2.20. The van der Waals surface area contributed by atoms with Gasteiger partial charge in [0.25, 0.3) is 0 Å². The van der Waals surface area contributed by atoms with E-state index in [2.05, 4.69) is 17.1 Å². The van der Waals surface area contributed by atoms with Crippen molar-refractivity contribution in [2.24, 2.45) is 0 Å². The van der Waals surface area contributed by atoms with Crippen molar-refractivity contribution in [1.82, 2.24) is 10.2 Å². The van der Waals surface area contributed by atoms with Crippen LogP contribution >= 0.6 is 0 Å². The largest absolute Gasteiger partial charge is 0.389 e. The second kappa shape index (κ2) is 7.43. The molecule has 18 heavy (non-hydrogen) atoms. The zero-order chi connectivity index (χ0) is 12.8. The van der Waals surface area contributed by atoms with Crippen molar-refractivity contribution in [2.75, 3.05) is 32.8 Å². The molecular weight excluding hydrogens is 228 g/mol. The summed E-state index contributed by atoms with van der Waals surface area (Å²) in [6.07, 6.45) is 5.75. The number of nitrogens with zero attached hydrogens (tertiary/aromatic N) is 1. The third kappa shape index (κ3) is 4.50. The maximum atomic E-state index is 9.98. The van der Waals surface area contributed by atoms with Crippen molar-refractivity contribution in [3.8, 4) is 0 Å². The first-order valence-electron chi connectivity index (χ1n) is 7.52. The zero-order valence-corrected chi connectivity index (χ0v) is 11.6. The molecule has 2 bridgehead atoms. The van der Waals surface area contributed by atoms with Gasteiger partial charge in [-0.3, -0.25) is 4.90 Å². The molecular formula is C14H28N2O2. The van der Waals surface area contributed by atoms with Crippen LogP contribution in [0.1, 0.15) is 39.0 Å². The van der Waals surface area contributed by atoms with Gasteiger partial charge in [-0.1, -0.05) is 13.3 Å². The Morgan fingerprint density at radius 1 is 1.33 bits per heavy atom. The van der Waals surface area contributed by atoms with Crippen LogP contribution in [0.2, 0.25) is 0 Å². The van der Waals surface area contributed by atoms with Gasteiger partial charge in [-0.2, -0.15) is 0 Å². The van der Waals surface area contributed by atoms with Gasteiger partial charge >= 0.3 is 0 Å². The van der Waals surface area contributed by atoms with E-state index < -0.39 is 0 Å². The summed E-state index contributed by atoms with van der Waals surface area (Å²) in [5, 5.41) is 13.6. The number of rotatable bonds is 7. The Labute approximate surface area is 111 Å². The molecule has 0 radical (unpaired) electrons. The van der Waals surface area contributed by atoms with E-state index in [9.17, 15) is 5.11 Å². The number of fused-ring (bicyclic) bond motifs is 2. The normalized spacial score (nSPS) is 30.3. The van der Waals surface area contributed by atoms with Crippen molar-refractivity contribution in [2.45, 2.75) is 57.2 Å². The second-order valence-electron chi connectivity index (χ2n) is 5.77. The van der Waals surface area contributed by atoms with Crippen LogP contribution in [0.25, 0.3) is 0 Å². The number of nitrogens with one attached hydrogen (secondary N) is 1. The summed E-state index contributed by atoms with van der Waals surface area (Å²) in [5.41, 5.74) is 0. The lowest BCUT2D eigenvalue weighted by Gasteiger charge is -2.26. The lowest BCUT2D eigenvalue weighted by Crippen LogP contribution is -2.40. The van der Waals surface area contributed by atoms with E-state index in [1.165, 1.54) is 19.3 Å². The number of aliphatic hydroxyl groups excluding tert-OH is 1. The molecule has 0 aromatic carbocycles. The molecule has 2 heterocycles. The molecule has 4 heteroatoms. The van der Waals surface area contributed by atoms with Gasteiger partial charge in [0.1, 0.15) is 0 Å². The van der Waals surface area contributed by atoms with Crippen molar-refractivity contribution >= 4 is 0 Å². The lowest BCUT2D eigenvalue weighted by molar-refractivity contribution is 0.0152. The van der Waals surface area contributed by atoms with Crippen LogP contribution in [0.15, 0.2) is 0 Å². The van der Waals surface area contributed by atoms with Gasteiger partial charge in [0.15, 0.2) is 0 Å². The van der Waals surface area contributed by atoms with Crippen molar-refractivity contribution in [3.63, 3.8) is 0 Å². The molecule has 2 aliphatic heterocycles. The highest BCUT2D eigenvalue weighted by atomic mass is 16.5. The fraction of sp³-hybridized carbons (Fsp3) is 1.00. The molecule has 2 fully saturated rings. The van der Waals surface area contributed by atoms with Crippen LogP contribution in [0, 0.1) is 0 Å². The quantitative estimate of drug-likeness (QED) is 0.667. The predicted octanol–water partition coefficient (Wildman–Crippen LogP) is 0.990. The third-order valence-electron chi connectivity index (χ3n) is 4.03. The molecule has 2 rings (SSSR count). The minimum Gasteiger partial charge on any atom is -0.389 e. The van der Waals surface area contributed by atoms with Crippen LogP contribution in [0.5, 0.6) is 0 Å². The fourth-order valence-corrected chi connectivity index (χ4v) is 3.00. The molecule has 4 nitrogen and oxygen atoms in total. The fourth-order valence-electron chi connectivity index (χ4n) is 3.00. The average Bonchev–Trinajstić information content (AvgIpc) is 2.69. The standard InChI is InChI=1S/C14H28N2O2/c1-2-3-8-18-11-14(17)10-16-7-6-12-4-5-13(9-16)15-12/h12-15,17H,2-11H2,1H3. The maximum Gasteiger partial charge on any atom is 0.0900 e. The molecule has 0 aliphatic carbocycles. The molecule has 0 spiro atoms. The Morgan fingerprint density at radius 3 is 3.00 bits per heavy atom. The number of β-amino-alcohol motifs (C(OH)–C–C–N with tert-alkyl or cyclic N) is 1. The van der Waals surface area contributed by atoms with Crippen LogP contribution < -0.4 is 5.32 Å². The summed E-state index contributed by atoms with van der Waals surface area (Å²) >= 11 is 0. The van der Waals surface area contributed by atoms with E-state index in [-0.39, 0.29) is 6.10 Å². The van der Waals surface area contributed by atoms with E-state index >= 15 is 0 Å². The summed E-state index contributed by atoms with van der Waals surface area (Å²) in [4.78, 5) is 2.39. The van der Waals surface area contributed by atoms with E-state index in [1.54, 1.807) is 0 Å². The van der Waals surface area contributed by atoms with E-state index in [1.807, 2.05) is 0 Å². The number of ether oxygens (including phenoxy) is 1. The van der Waals surface area contributed by atoms with Gasteiger partial charge < -0.3 is 15.2 Å². The van der Waals surface area contributed by atoms with Gasteiger partial charge in [0.2, 0.25) is 0 Å². The molecule has 106 valence electrons. The number of aliphatic hydroxyl groups is 1. The second-order valence-corrected chi connectivity index (χ2v) is 5.77. The minimum atomic E-state index is -0.335. The first kappa shape index (κ1) is 14.3. The number of hydrogen-bond acceptors (Lipinski definition) is 4. The lowest BCUT2D eigenvalue weighted by atomic mass is 10.1. The van der Waals surface area contributed by atoms with E-state index in [0.717, 1.165) is 45.1 Å². The SMILES string of the molecule is CCCCOCC(O)CN1CCC2CCC(C1)N2. The van der Waals surface area contributed by atoms with Crippen LogP contribution in [0.4, 0.5) is 0 Å². The Hall–Kier alpha value is -0.160. The summed E-state index contributed by atoms with van der Waals surface area (Å²) in [6.45, 7) is 6.37. The topological polar surface area (TPSA) is 44.7 Å². The number of unbranched alkanes of at least 4 members (excludes halogenated alkanes) is 1. The molecule has 0 aromatic heterocycles. The first-order valence-corrected chi connectivity index (χ1v) is 7.52. The highest BCUT2D eigenvalue weighted by Gasteiger charge is 2.29. The summed E-state index contributed by atoms with van der Waals surface area (Å²) in [6, 6.07) is 1.36. The Kier molecular flexibility index (Phi) is 5.89. The van der Waals surface area contributed by atoms with Gasteiger partial charge in [0, 0.05) is 31.8 Å². The molecule has 3 unspecified atom stereocenters. The maximum absolute atomic E-state index is 9.98. The minimum absolute atomic E-state index is 0.335. The predicted molar refractivity (Wildman–Crippen MR) is 72.7 cm³/mol. The average molecular weight is 256 g/mol. The highest BCUT2D eigenvalue weighted by molar-refractivity contribution is 4.89. The smallest absolute Gasteiger partial charge is 0.0900 e. The molecule has 3 atom stereocenters. The Balaban J connectivity index is 1.62. The summed E-state index contributed by atoms with van der Waals surface area (Å²) in [7, 11) is 0. The number of likely N-dealkylation sites (tertiary alicyclic amines) is 1. The van der Waals surface area contributed by atoms with Crippen LogP contribution in [-0.2, 0) is 4.74 Å². The first-order chi connectivity index (χ1) is 8.78. The van der Waals surface area contributed by atoms with Crippen molar-refractivity contribution in [3.05, 3.63) is 0 Å². The van der Waals surface area contributed by atoms with Crippen molar-refractivity contribution in [1.29, 1.82) is 0 Å². The van der Waals surface area contributed by atoms with Gasteiger partial charge in [-0.25, -0.2) is 0 Å². The molecule has 2 saturated heterocycles. The van der Waals surface area contributed by atoms with Crippen molar-refractivity contribution < 1.29 is 9.84 Å². The number of hydrogen-bond donors (Lipinski definition) is 2. The van der Waals surface area contributed by atoms with E-state index in [4.69, 9.17) is 4.74 Å².